The molecule has 2 aromatic carbocycles. The number of alkyl halides is 2. The molecule has 0 aliphatic rings. The number of carbonyl (C=O) groups is 2. The van der Waals surface area contributed by atoms with E-state index in [0.29, 0.717) is 5.52 Å². The fourth-order valence-electron chi connectivity index (χ4n) is 2.79. The zero-order valence-corrected chi connectivity index (χ0v) is 14.8. The number of carbonyl (C=O) groups excluding carboxylic acids is 2. The highest BCUT2D eigenvalue weighted by atomic mass is 19.3. The van der Waals surface area contributed by atoms with Gasteiger partial charge in [0.1, 0.15) is 11.6 Å². The minimum absolute atomic E-state index is 0.00871. The van der Waals surface area contributed by atoms with Crippen LogP contribution < -0.4 is 10.6 Å². The summed E-state index contributed by atoms with van der Waals surface area (Å²) in [6, 6.07) is 10.5. The van der Waals surface area contributed by atoms with Gasteiger partial charge < -0.3 is 10.6 Å². The second-order valence-electron chi connectivity index (χ2n) is 6.09. The predicted molar refractivity (Wildman–Crippen MR) is 96.3 cm³/mol. The van der Waals surface area contributed by atoms with Gasteiger partial charge in [-0.15, -0.1) is 0 Å². The summed E-state index contributed by atoms with van der Waals surface area (Å²) in [5, 5.41) is 4.93. The van der Waals surface area contributed by atoms with E-state index in [2.05, 4.69) is 15.6 Å². The summed E-state index contributed by atoms with van der Waals surface area (Å²) in [6.07, 6.45) is 0. The first-order chi connectivity index (χ1) is 13.4. The number of amides is 2. The number of benzene rings is 2. The monoisotopic (exact) mass is 390 g/mol. The average Bonchev–Trinajstić information content (AvgIpc) is 3.06. The minimum Gasteiger partial charge on any atom is -0.345 e. The normalized spacial score (nSPS) is 12.2. The van der Waals surface area contributed by atoms with Crippen molar-refractivity contribution in [3.8, 4) is 0 Å². The first-order valence-electron chi connectivity index (χ1n) is 8.45. The SMILES string of the molecule is C[C@@H](NC(=O)CNC(=O)c1ccc(F)cc1)c1nc2ccccc2n1C(F)F. The van der Waals surface area contributed by atoms with Gasteiger partial charge in [-0.3, -0.25) is 14.2 Å². The molecule has 0 saturated carbocycles. The Morgan fingerprint density at radius 2 is 1.79 bits per heavy atom. The van der Waals surface area contributed by atoms with E-state index in [1.54, 1.807) is 18.2 Å². The van der Waals surface area contributed by atoms with Crippen LogP contribution in [-0.2, 0) is 4.79 Å². The second-order valence-corrected chi connectivity index (χ2v) is 6.09. The number of nitrogens with zero attached hydrogens (tertiary/aromatic N) is 2. The largest absolute Gasteiger partial charge is 0.345 e. The molecule has 0 bridgehead atoms. The van der Waals surface area contributed by atoms with Crippen LogP contribution >= 0.6 is 0 Å². The maximum Gasteiger partial charge on any atom is 0.320 e. The van der Waals surface area contributed by atoms with E-state index in [9.17, 15) is 22.8 Å². The molecule has 2 N–H and O–H groups in total. The number of imidazole rings is 1. The van der Waals surface area contributed by atoms with Gasteiger partial charge in [0.15, 0.2) is 0 Å². The number of aromatic nitrogens is 2. The number of hydrogen-bond acceptors (Lipinski definition) is 3. The molecule has 28 heavy (non-hydrogen) atoms. The average molecular weight is 390 g/mol. The van der Waals surface area contributed by atoms with Crippen molar-refractivity contribution >= 4 is 22.8 Å². The topological polar surface area (TPSA) is 76.0 Å². The van der Waals surface area contributed by atoms with E-state index in [0.717, 1.165) is 16.7 Å². The van der Waals surface area contributed by atoms with Crippen molar-refractivity contribution in [2.24, 2.45) is 0 Å². The van der Waals surface area contributed by atoms with E-state index >= 15 is 0 Å². The lowest BCUT2D eigenvalue weighted by Crippen LogP contribution is -2.38. The summed E-state index contributed by atoms with van der Waals surface area (Å²) in [5.74, 6) is -1.60. The third kappa shape index (κ3) is 4.13. The summed E-state index contributed by atoms with van der Waals surface area (Å²) in [6.45, 7) is -1.66. The first-order valence-corrected chi connectivity index (χ1v) is 8.45. The zero-order valence-electron chi connectivity index (χ0n) is 14.8. The predicted octanol–water partition coefficient (Wildman–Crippen LogP) is 3.18. The molecule has 9 heteroatoms. The number of para-hydroxylation sites is 2. The van der Waals surface area contributed by atoms with E-state index in [1.165, 1.54) is 25.1 Å². The highest BCUT2D eigenvalue weighted by Gasteiger charge is 2.23. The molecule has 0 fully saturated rings. The molecule has 0 aliphatic heterocycles. The van der Waals surface area contributed by atoms with Crippen LogP contribution in [0.1, 0.15) is 35.7 Å². The van der Waals surface area contributed by atoms with Crippen LogP contribution in [-0.4, -0.2) is 27.9 Å². The third-order valence-electron chi connectivity index (χ3n) is 4.10. The standard InChI is InChI=1S/C19H17F3N4O2/c1-11(17-25-14-4-2-3-5-15(14)26(17)19(21)22)24-16(27)10-23-18(28)12-6-8-13(20)9-7-12/h2-9,11,19H,10H2,1H3,(H,23,28)(H,24,27)/t11-/m1/s1. The number of halogens is 3. The molecule has 1 heterocycles. The molecule has 1 atom stereocenters. The molecule has 0 aliphatic carbocycles. The quantitative estimate of drug-likeness (QED) is 0.679. The van der Waals surface area contributed by atoms with E-state index in [-0.39, 0.29) is 23.4 Å². The van der Waals surface area contributed by atoms with Crippen molar-refractivity contribution < 1.29 is 22.8 Å². The van der Waals surface area contributed by atoms with Gasteiger partial charge in [-0.25, -0.2) is 9.37 Å². The molecule has 146 valence electrons. The summed E-state index contributed by atoms with van der Waals surface area (Å²) in [4.78, 5) is 28.2. The maximum absolute atomic E-state index is 13.5. The van der Waals surface area contributed by atoms with Crippen molar-refractivity contribution in [2.45, 2.75) is 19.5 Å². The summed E-state index contributed by atoms with van der Waals surface area (Å²) in [5.41, 5.74) is 0.850. The van der Waals surface area contributed by atoms with Crippen molar-refractivity contribution in [2.75, 3.05) is 6.54 Å². The summed E-state index contributed by atoms with van der Waals surface area (Å²) in [7, 11) is 0. The smallest absolute Gasteiger partial charge is 0.320 e. The Morgan fingerprint density at radius 3 is 2.46 bits per heavy atom. The van der Waals surface area contributed by atoms with E-state index < -0.39 is 30.2 Å². The van der Waals surface area contributed by atoms with Gasteiger partial charge in [0.2, 0.25) is 5.91 Å². The lowest BCUT2D eigenvalue weighted by molar-refractivity contribution is -0.120. The van der Waals surface area contributed by atoms with Crippen LogP contribution in [0.3, 0.4) is 0 Å². The molecule has 6 nitrogen and oxygen atoms in total. The number of fused-ring (bicyclic) bond motifs is 1. The number of hydrogen-bond donors (Lipinski definition) is 2. The maximum atomic E-state index is 13.5. The molecule has 3 rings (SSSR count). The Kier molecular flexibility index (Phi) is 5.62. The molecule has 2 amide bonds. The molecule has 0 saturated heterocycles. The zero-order chi connectivity index (χ0) is 20.3. The van der Waals surface area contributed by atoms with Crippen LogP contribution in [0, 0.1) is 5.82 Å². The van der Waals surface area contributed by atoms with Gasteiger partial charge in [0, 0.05) is 5.56 Å². The van der Waals surface area contributed by atoms with Gasteiger partial charge in [0.05, 0.1) is 23.6 Å². The summed E-state index contributed by atoms with van der Waals surface area (Å²) >= 11 is 0. The Labute approximate surface area is 158 Å². The van der Waals surface area contributed by atoms with Gasteiger partial charge in [-0.1, -0.05) is 12.1 Å². The van der Waals surface area contributed by atoms with E-state index in [4.69, 9.17) is 0 Å². The molecular weight excluding hydrogens is 373 g/mol. The van der Waals surface area contributed by atoms with Crippen molar-refractivity contribution in [1.29, 1.82) is 0 Å². The van der Waals surface area contributed by atoms with Crippen LogP contribution in [0.15, 0.2) is 48.5 Å². The lowest BCUT2D eigenvalue weighted by atomic mass is 10.2. The highest BCUT2D eigenvalue weighted by Crippen LogP contribution is 2.26. The van der Waals surface area contributed by atoms with Crippen molar-refractivity contribution in [3.05, 3.63) is 65.7 Å². The number of rotatable bonds is 6. The molecule has 0 unspecified atom stereocenters. The molecule has 1 aromatic heterocycles. The third-order valence-corrected chi connectivity index (χ3v) is 4.10. The Hall–Kier alpha value is -3.36. The van der Waals surface area contributed by atoms with Crippen LogP contribution in [0.5, 0.6) is 0 Å². The van der Waals surface area contributed by atoms with Gasteiger partial charge in [-0.2, -0.15) is 8.78 Å². The molecule has 0 spiro atoms. The fourth-order valence-corrected chi connectivity index (χ4v) is 2.79. The Morgan fingerprint density at radius 1 is 1.11 bits per heavy atom. The van der Waals surface area contributed by atoms with Crippen molar-refractivity contribution in [1.82, 2.24) is 20.2 Å². The number of nitrogens with one attached hydrogen (secondary N) is 2. The van der Waals surface area contributed by atoms with Crippen molar-refractivity contribution in [3.63, 3.8) is 0 Å². The summed E-state index contributed by atoms with van der Waals surface area (Å²) < 4.78 is 40.6. The van der Waals surface area contributed by atoms with Gasteiger partial charge in [-0.05, 0) is 43.3 Å². The minimum atomic E-state index is -2.82. The fraction of sp³-hybridized carbons (Fsp3) is 0.211. The van der Waals surface area contributed by atoms with E-state index in [1.807, 2.05) is 0 Å². The Bertz CT molecular complexity index is 1000. The van der Waals surface area contributed by atoms with Crippen LogP contribution in [0.4, 0.5) is 13.2 Å². The van der Waals surface area contributed by atoms with Gasteiger partial charge in [0.25, 0.3) is 5.91 Å². The molecular formula is C19H17F3N4O2. The molecule has 3 aromatic rings. The first kappa shape index (κ1) is 19.4. The second kappa shape index (κ2) is 8.12. The van der Waals surface area contributed by atoms with Crippen LogP contribution in [0.25, 0.3) is 11.0 Å². The van der Waals surface area contributed by atoms with Crippen LogP contribution in [0.2, 0.25) is 0 Å². The van der Waals surface area contributed by atoms with Gasteiger partial charge >= 0.3 is 6.55 Å². The Balaban J connectivity index is 1.66. The molecule has 0 radical (unpaired) electrons. The lowest BCUT2D eigenvalue weighted by Gasteiger charge is -2.16. The highest BCUT2D eigenvalue weighted by molar-refractivity contribution is 5.96.